The number of amides is 1. The van der Waals surface area contributed by atoms with Gasteiger partial charge in [-0.25, -0.2) is 9.13 Å². The average molecular weight is 577 g/mol. The number of rotatable bonds is 9. The maximum absolute atomic E-state index is 14.0. The number of likely N-dealkylation sites (tertiary alicyclic amines) is 1. The van der Waals surface area contributed by atoms with Gasteiger partial charge in [-0.05, 0) is 49.6 Å². The Morgan fingerprint density at radius 1 is 0.756 bits per heavy atom. The highest BCUT2D eigenvalue weighted by Crippen LogP contribution is 2.48. The van der Waals surface area contributed by atoms with Crippen LogP contribution in [-0.4, -0.2) is 39.8 Å². The van der Waals surface area contributed by atoms with Crippen molar-refractivity contribution in [3.05, 3.63) is 140 Å². The minimum absolute atomic E-state index is 0.181. The van der Waals surface area contributed by atoms with Crippen molar-refractivity contribution in [2.75, 3.05) is 12.7 Å². The van der Waals surface area contributed by atoms with E-state index in [2.05, 4.69) is 126 Å². The Kier molecular flexibility index (Phi) is 8.71. The van der Waals surface area contributed by atoms with Gasteiger partial charge in [0.1, 0.15) is 12.4 Å². The van der Waals surface area contributed by atoms with Crippen molar-refractivity contribution in [2.24, 2.45) is 7.05 Å². The predicted octanol–water partition coefficient (Wildman–Crippen LogP) is 4.55. The number of aryl methyl sites for hydroxylation is 1. The molecule has 0 bridgehead atoms. The third-order valence-electron chi connectivity index (χ3n) is 7.82. The maximum Gasteiger partial charge on any atom is 0.265 e. The third-order valence-corrected chi connectivity index (χ3v) is 13.3. The van der Waals surface area contributed by atoms with E-state index in [1.165, 1.54) is 21.2 Å². The number of hydrogen-bond donors (Lipinski definition) is 0. The number of aromatic nitrogens is 2. The van der Waals surface area contributed by atoms with Crippen molar-refractivity contribution in [1.82, 2.24) is 9.47 Å². The Labute approximate surface area is 245 Å². The molecule has 2 heterocycles. The van der Waals surface area contributed by atoms with E-state index < -0.39 is 15.8 Å². The maximum atomic E-state index is 14.0. The standard InChI is InChI=1S/C35H36N3OP2/c1-36-22-23-37(28-36)26-35(39)38-25-34(41(32-18-10-4-11-19-32)33-20-12-5-13-21-33)24-29(38)27-40(30-14-6-2-7-15-30)31-16-8-3-9-17-31/h2-23,28-29,34H,24-27H2,1H3/q+1/t29-,34-/m0/s1. The smallest absolute Gasteiger partial charge is 0.265 e. The molecule has 5 aromatic rings. The van der Waals surface area contributed by atoms with Crippen LogP contribution in [0.1, 0.15) is 6.42 Å². The lowest BCUT2D eigenvalue weighted by atomic mass is 10.2. The highest BCUT2D eigenvalue weighted by Gasteiger charge is 2.41. The number of carbonyl (C=O) groups excluding carboxylic acids is 1. The third kappa shape index (κ3) is 6.51. The molecular weight excluding hydrogens is 540 g/mol. The molecule has 0 saturated carbocycles. The minimum atomic E-state index is -0.616. The van der Waals surface area contributed by atoms with Crippen molar-refractivity contribution in [1.29, 1.82) is 0 Å². The summed E-state index contributed by atoms with van der Waals surface area (Å²) in [5.41, 5.74) is 0.396. The van der Waals surface area contributed by atoms with Crippen molar-refractivity contribution in [3.8, 4) is 0 Å². The quantitative estimate of drug-likeness (QED) is 0.187. The fraction of sp³-hybridized carbons (Fsp3) is 0.200. The van der Waals surface area contributed by atoms with Gasteiger partial charge in [-0.2, -0.15) is 0 Å². The first-order chi connectivity index (χ1) is 20.2. The Morgan fingerprint density at radius 3 is 1.71 bits per heavy atom. The molecule has 1 saturated heterocycles. The van der Waals surface area contributed by atoms with Crippen LogP contribution >= 0.6 is 15.8 Å². The number of carbonyl (C=O) groups is 1. The summed E-state index contributed by atoms with van der Waals surface area (Å²) in [5, 5.41) is 5.51. The van der Waals surface area contributed by atoms with Gasteiger partial charge in [0.25, 0.3) is 5.91 Å². The Hall–Kier alpha value is -3.58. The second-order valence-corrected chi connectivity index (χ2v) is 15.4. The first-order valence-electron chi connectivity index (χ1n) is 14.2. The SMILES string of the molecule is C[n+]1ccn(CC(=O)N2C[C@@H](P(c3ccccc3)c3ccccc3)C[C@H]2CP(c2ccccc2)c2ccccc2)c1. The number of benzene rings is 4. The summed E-state index contributed by atoms with van der Waals surface area (Å²) in [5.74, 6) is 0.209. The second kappa shape index (κ2) is 12.9. The molecule has 4 nitrogen and oxygen atoms in total. The number of nitrogens with zero attached hydrogens (tertiary/aromatic N) is 3. The largest absolute Gasteiger partial charge is 0.335 e. The molecule has 6 rings (SSSR count). The van der Waals surface area contributed by atoms with Crippen LogP contribution in [0.3, 0.4) is 0 Å². The van der Waals surface area contributed by atoms with Gasteiger partial charge in [0, 0.05) is 18.2 Å². The molecule has 41 heavy (non-hydrogen) atoms. The van der Waals surface area contributed by atoms with E-state index in [0.29, 0.717) is 12.2 Å². The topological polar surface area (TPSA) is 29.1 Å². The zero-order valence-electron chi connectivity index (χ0n) is 23.4. The lowest BCUT2D eigenvalue weighted by Crippen LogP contribution is -2.40. The van der Waals surface area contributed by atoms with E-state index in [1.54, 1.807) is 0 Å². The monoisotopic (exact) mass is 576 g/mol. The van der Waals surface area contributed by atoms with Gasteiger partial charge >= 0.3 is 0 Å². The van der Waals surface area contributed by atoms with E-state index in [1.807, 2.05) is 34.9 Å². The van der Waals surface area contributed by atoms with Crippen LogP contribution in [0.25, 0.3) is 0 Å². The molecular formula is C35H36N3OP2+. The normalized spacial score (nSPS) is 16.9. The summed E-state index contributed by atoms with van der Waals surface area (Å²) in [4.78, 5) is 16.3. The predicted molar refractivity (Wildman–Crippen MR) is 173 cm³/mol. The van der Waals surface area contributed by atoms with Crippen LogP contribution in [0.4, 0.5) is 0 Å². The molecule has 0 aliphatic carbocycles. The summed E-state index contributed by atoms with van der Waals surface area (Å²) in [7, 11) is 0.766. The highest BCUT2D eigenvalue weighted by atomic mass is 31.1. The molecule has 206 valence electrons. The molecule has 1 aliphatic rings. The molecule has 0 radical (unpaired) electrons. The first kappa shape index (κ1) is 27.6. The van der Waals surface area contributed by atoms with Gasteiger partial charge in [-0.15, -0.1) is 0 Å². The Balaban J connectivity index is 1.36. The summed E-state index contributed by atoms with van der Waals surface area (Å²) < 4.78 is 3.99. The van der Waals surface area contributed by atoms with E-state index >= 15 is 0 Å². The van der Waals surface area contributed by atoms with E-state index in [4.69, 9.17) is 0 Å². The molecule has 2 atom stereocenters. The van der Waals surface area contributed by atoms with Gasteiger partial charge in [0.2, 0.25) is 6.33 Å². The summed E-state index contributed by atoms with van der Waals surface area (Å²) in [6, 6.07) is 43.9. The fourth-order valence-electron chi connectivity index (χ4n) is 5.93. The van der Waals surface area contributed by atoms with Crippen molar-refractivity contribution < 1.29 is 9.36 Å². The lowest BCUT2D eigenvalue weighted by Gasteiger charge is -2.28. The number of hydrogen-bond acceptors (Lipinski definition) is 1. The van der Waals surface area contributed by atoms with Crippen LogP contribution in [0.15, 0.2) is 140 Å². The summed E-state index contributed by atoms with van der Waals surface area (Å²) in [6.45, 7) is 1.16. The molecule has 1 amide bonds. The fourth-order valence-corrected chi connectivity index (χ4v) is 11.4. The average Bonchev–Trinajstić information content (AvgIpc) is 3.63. The van der Waals surface area contributed by atoms with Gasteiger partial charge in [-0.3, -0.25) is 4.79 Å². The molecule has 0 N–H and O–H groups in total. The van der Waals surface area contributed by atoms with Crippen molar-refractivity contribution >= 4 is 43.0 Å². The van der Waals surface area contributed by atoms with Crippen LogP contribution in [0, 0.1) is 0 Å². The molecule has 4 aromatic carbocycles. The van der Waals surface area contributed by atoms with Crippen molar-refractivity contribution in [3.63, 3.8) is 0 Å². The molecule has 1 aromatic heterocycles. The Morgan fingerprint density at radius 2 is 1.24 bits per heavy atom. The van der Waals surface area contributed by atoms with Crippen LogP contribution in [0.2, 0.25) is 0 Å². The van der Waals surface area contributed by atoms with E-state index in [-0.39, 0.29) is 11.9 Å². The highest BCUT2D eigenvalue weighted by molar-refractivity contribution is 7.74. The molecule has 0 spiro atoms. The molecule has 1 fully saturated rings. The second-order valence-electron chi connectivity index (χ2n) is 10.7. The zero-order chi connectivity index (χ0) is 28.0. The summed E-state index contributed by atoms with van der Waals surface area (Å²) >= 11 is 0. The molecule has 6 heteroatoms. The van der Waals surface area contributed by atoms with Crippen molar-refractivity contribution in [2.45, 2.75) is 24.7 Å². The Bertz CT molecular complexity index is 1460. The minimum Gasteiger partial charge on any atom is -0.335 e. The summed E-state index contributed by atoms with van der Waals surface area (Å²) in [6.07, 6.45) is 7.95. The zero-order valence-corrected chi connectivity index (χ0v) is 25.2. The van der Waals surface area contributed by atoms with Gasteiger partial charge in [-0.1, -0.05) is 121 Å². The first-order valence-corrected chi connectivity index (χ1v) is 17.2. The van der Waals surface area contributed by atoms with Gasteiger partial charge < -0.3 is 4.90 Å². The van der Waals surface area contributed by atoms with Gasteiger partial charge in [0.05, 0.1) is 7.05 Å². The van der Waals surface area contributed by atoms with E-state index in [9.17, 15) is 4.79 Å². The van der Waals surface area contributed by atoms with Gasteiger partial charge in [0.15, 0.2) is 6.54 Å². The van der Waals surface area contributed by atoms with E-state index in [0.717, 1.165) is 19.1 Å². The molecule has 1 aliphatic heterocycles. The lowest BCUT2D eigenvalue weighted by molar-refractivity contribution is -0.671. The van der Waals surface area contributed by atoms with Crippen LogP contribution in [0.5, 0.6) is 0 Å². The molecule has 0 unspecified atom stereocenters. The van der Waals surface area contributed by atoms with Crippen LogP contribution < -0.4 is 25.8 Å². The number of imidazole rings is 1. The van der Waals surface area contributed by atoms with Crippen LogP contribution in [-0.2, 0) is 18.4 Å².